The number of nitrogens with one attached hydrogen (secondary N) is 2. The Bertz CT molecular complexity index is 779. The minimum absolute atomic E-state index is 0.0509. The van der Waals surface area contributed by atoms with Crippen LogP contribution in [0.3, 0.4) is 0 Å². The molecule has 1 aromatic heterocycles. The molecule has 0 unspecified atom stereocenters. The largest absolute Gasteiger partial charge is 0.444 e. The fourth-order valence-electron chi connectivity index (χ4n) is 1.74. The van der Waals surface area contributed by atoms with Crippen LogP contribution >= 0.6 is 31.9 Å². The van der Waals surface area contributed by atoms with Crippen molar-refractivity contribution in [3.63, 3.8) is 0 Å². The van der Waals surface area contributed by atoms with E-state index in [9.17, 15) is 19.2 Å². The highest BCUT2D eigenvalue weighted by Gasteiger charge is 2.17. The van der Waals surface area contributed by atoms with E-state index in [1.807, 2.05) is 0 Å². The molecule has 0 aromatic carbocycles. The molecule has 1 rings (SSSR count). The van der Waals surface area contributed by atoms with Crippen molar-refractivity contribution >= 4 is 43.9 Å². The van der Waals surface area contributed by atoms with E-state index in [1.165, 1.54) is 7.05 Å². The van der Waals surface area contributed by atoms with E-state index in [2.05, 4.69) is 42.5 Å². The standard InChI is InChI=1S/C14H20Br2N4O5/c1-14(2,3)25-13(24)18-6-5-17-8(21)7-20-12(23)10(16)9(15)11(22)19(20)4/h5-7H2,1-4H3,(H,17,21)(H,18,24). The number of halogens is 2. The van der Waals surface area contributed by atoms with E-state index in [-0.39, 0.29) is 28.6 Å². The van der Waals surface area contributed by atoms with Crippen molar-refractivity contribution in [1.29, 1.82) is 0 Å². The number of hydrogen-bond donors (Lipinski definition) is 2. The van der Waals surface area contributed by atoms with E-state index in [0.29, 0.717) is 0 Å². The van der Waals surface area contributed by atoms with Gasteiger partial charge in [0.15, 0.2) is 0 Å². The van der Waals surface area contributed by atoms with Crippen LogP contribution in [0.2, 0.25) is 0 Å². The van der Waals surface area contributed by atoms with Crippen molar-refractivity contribution in [2.24, 2.45) is 7.05 Å². The molecule has 25 heavy (non-hydrogen) atoms. The summed E-state index contributed by atoms with van der Waals surface area (Å²) in [5.41, 5.74) is -1.57. The van der Waals surface area contributed by atoms with Gasteiger partial charge in [0.05, 0.1) is 0 Å². The number of carbonyl (C=O) groups is 2. The summed E-state index contributed by atoms with van der Waals surface area (Å²) in [7, 11) is 1.39. The van der Waals surface area contributed by atoms with Crippen LogP contribution in [0.1, 0.15) is 20.8 Å². The van der Waals surface area contributed by atoms with Gasteiger partial charge in [-0.1, -0.05) is 0 Å². The summed E-state index contributed by atoms with van der Waals surface area (Å²) in [6.45, 7) is 5.21. The lowest BCUT2D eigenvalue weighted by Gasteiger charge is -2.19. The van der Waals surface area contributed by atoms with E-state index >= 15 is 0 Å². The molecular formula is C14H20Br2N4O5. The van der Waals surface area contributed by atoms with Gasteiger partial charge in [-0.3, -0.25) is 14.4 Å². The molecule has 0 aliphatic carbocycles. The average Bonchev–Trinajstić information content (AvgIpc) is 2.50. The van der Waals surface area contributed by atoms with Gasteiger partial charge in [-0.25, -0.2) is 14.2 Å². The monoisotopic (exact) mass is 482 g/mol. The van der Waals surface area contributed by atoms with Gasteiger partial charge >= 0.3 is 6.09 Å². The zero-order valence-electron chi connectivity index (χ0n) is 14.3. The fourth-order valence-corrected chi connectivity index (χ4v) is 2.54. The first-order valence-corrected chi connectivity index (χ1v) is 8.91. The second-order valence-corrected chi connectivity index (χ2v) is 7.68. The van der Waals surface area contributed by atoms with Gasteiger partial charge in [0.1, 0.15) is 21.1 Å². The Balaban J connectivity index is 2.58. The van der Waals surface area contributed by atoms with Crippen LogP contribution in [-0.2, 0) is 23.1 Å². The lowest BCUT2D eigenvalue weighted by Crippen LogP contribution is -2.43. The summed E-state index contributed by atoms with van der Waals surface area (Å²) < 4.78 is 7.26. The Morgan fingerprint density at radius 3 is 2.12 bits per heavy atom. The molecule has 0 spiro atoms. The fraction of sp³-hybridized carbons (Fsp3) is 0.571. The van der Waals surface area contributed by atoms with Crippen molar-refractivity contribution in [1.82, 2.24) is 20.0 Å². The molecule has 0 atom stereocenters. The smallest absolute Gasteiger partial charge is 0.407 e. The second kappa shape index (κ2) is 8.65. The second-order valence-electron chi connectivity index (χ2n) is 6.10. The Labute approximate surface area is 161 Å². The van der Waals surface area contributed by atoms with Crippen LogP contribution in [0.15, 0.2) is 18.5 Å². The quantitative estimate of drug-likeness (QED) is 0.599. The van der Waals surface area contributed by atoms with Crippen molar-refractivity contribution in [2.45, 2.75) is 32.9 Å². The SMILES string of the molecule is Cn1c(=O)c(Br)c(Br)c(=O)n1CC(=O)NCCNC(=O)OC(C)(C)C. The van der Waals surface area contributed by atoms with Crippen LogP contribution in [0.25, 0.3) is 0 Å². The first kappa shape index (κ1) is 21.4. The molecule has 2 N–H and O–H groups in total. The first-order chi connectivity index (χ1) is 11.4. The van der Waals surface area contributed by atoms with E-state index in [1.54, 1.807) is 20.8 Å². The van der Waals surface area contributed by atoms with Gasteiger partial charge in [0.2, 0.25) is 5.91 Å². The number of rotatable bonds is 5. The maximum atomic E-state index is 12.1. The number of carbonyl (C=O) groups excluding carboxylic acids is 2. The van der Waals surface area contributed by atoms with Gasteiger partial charge in [0.25, 0.3) is 11.1 Å². The molecule has 0 aliphatic heterocycles. The number of aromatic nitrogens is 2. The Hall–Kier alpha value is -1.62. The molecule has 0 bridgehead atoms. The predicted octanol–water partition coefficient (Wildman–Crippen LogP) is 0.713. The molecule has 140 valence electrons. The lowest BCUT2D eigenvalue weighted by atomic mass is 10.2. The predicted molar refractivity (Wildman–Crippen MR) is 98.6 cm³/mol. The minimum Gasteiger partial charge on any atom is -0.444 e. The summed E-state index contributed by atoms with van der Waals surface area (Å²) in [5.74, 6) is -0.475. The normalized spacial score (nSPS) is 11.1. The topological polar surface area (TPSA) is 111 Å². The molecule has 0 radical (unpaired) electrons. The zero-order chi connectivity index (χ0) is 19.4. The molecular weight excluding hydrogens is 464 g/mol. The van der Waals surface area contributed by atoms with Crippen molar-refractivity contribution in [3.05, 3.63) is 29.7 Å². The Morgan fingerprint density at radius 2 is 1.56 bits per heavy atom. The maximum Gasteiger partial charge on any atom is 0.407 e. The first-order valence-electron chi connectivity index (χ1n) is 7.32. The number of hydrogen-bond acceptors (Lipinski definition) is 5. The van der Waals surface area contributed by atoms with Gasteiger partial charge in [-0.15, -0.1) is 0 Å². The van der Waals surface area contributed by atoms with Crippen LogP contribution in [0.5, 0.6) is 0 Å². The van der Waals surface area contributed by atoms with Gasteiger partial charge in [0, 0.05) is 20.1 Å². The molecule has 9 nitrogen and oxygen atoms in total. The number of amides is 2. The number of alkyl carbamates (subject to hydrolysis) is 1. The number of nitrogens with zero attached hydrogens (tertiary/aromatic N) is 2. The molecule has 0 fully saturated rings. The third kappa shape index (κ3) is 6.31. The summed E-state index contributed by atoms with van der Waals surface area (Å²) >= 11 is 6.04. The molecule has 0 aliphatic rings. The van der Waals surface area contributed by atoms with Crippen molar-refractivity contribution in [3.8, 4) is 0 Å². The molecule has 11 heteroatoms. The highest BCUT2D eigenvalue weighted by Crippen LogP contribution is 2.13. The average molecular weight is 484 g/mol. The van der Waals surface area contributed by atoms with E-state index < -0.39 is 28.7 Å². The maximum absolute atomic E-state index is 12.1. The minimum atomic E-state index is -0.603. The molecule has 0 saturated heterocycles. The van der Waals surface area contributed by atoms with Gasteiger partial charge in [-0.05, 0) is 52.6 Å². The van der Waals surface area contributed by atoms with Gasteiger partial charge < -0.3 is 15.4 Å². The summed E-state index contributed by atoms with van der Waals surface area (Å²) in [4.78, 5) is 47.4. The van der Waals surface area contributed by atoms with Crippen LogP contribution in [-0.4, -0.2) is 40.1 Å². The third-order valence-corrected chi connectivity index (χ3v) is 4.87. The summed E-state index contributed by atoms with van der Waals surface area (Å²) in [6.07, 6.45) is -0.586. The van der Waals surface area contributed by atoms with Crippen molar-refractivity contribution < 1.29 is 14.3 Å². The van der Waals surface area contributed by atoms with Gasteiger partial charge in [-0.2, -0.15) is 0 Å². The van der Waals surface area contributed by atoms with Crippen LogP contribution in [0, 0.1) is 0 Å². The Kier molecular flexibility index (Phi) is 7.42. The van der Waals surface area contributed by atoms with Crippen molar-refractivity contribution in [2.75, 3.05) is 13.1 Å². The van der Waals surface area contributed by atoms with E-state index in [0.717, 1.165) is 9.36 Å². The number of ether oxygens (including phenoxy) is 1. The van der Waals surface area contributed by atoms with Crippen LogP contribution in [0.4, 0.5) is 4.79 Å². The zero-order valence-corrected chi connectivity index (χ0v) is 17.5. The highest BCUT2D eigenvalue weighted by atomic mass is 79.9. The lowest BCUT2D eigenvalue weighted by molar-refractivity contribution is -0.122. The molecule has 2 amide bonds. The molecule has 1 aromatic rings. The van der Waals surface area contributed by atoms with E-state index in [4.69, 9.17) is 4.74 Å². The summed E-state index contributed by atoms with van der Waals surface area (Å²) in [5, 5.41) is 5.04. The third-order valence-electron chi connectivity index (χ3n) is 2.87. The Morgan fingerprint density at radius 1 is 1.04 bits per heavy atom. The van der Waals surface area contributed by atoms with Crippen LogP contribution < -0.4 is 21.8 Å². The summed E-state index contributed by atoms with van der Waals surface area (Å²) in [6, 6.07) is 0. The molecule has 1 heterocycles. The molecule has 0 saturated carbocycles. The highest BCUT2D eigenvalue weighted by molar-refractivity contribution is 9.13.